The summed E-state index contributed by atoms with van der Waals surface area (Å²) in [6.45, 7) is 6.54. The Morgan fingerprint density at radius 3 is 2.68 bits per heavy atom. The molecule has 0 saturated carbocycles. The fourth-order valence-corrected chi connectivity index (χ4v) is 5.31. The van der Waals surface area contributed by atoms with Gasteiger partial charge in [0.15, 0.2) is 0 Å². The van der Waals surface area contributed by atoms with Crippen LogP contribution in [0.25, 0.3) is 22.0 Å². The van der Waals surface area contributed by atoms with E-state index in [9.17, 15) is 4.79 Å². The number of rotatable bonds is 4. The second-order valence-corrected chi connectivity index (χ2v) is 9.21. The van der Waals surface area contributed by atoms with Crippen molar-refractivity contribution in [1.29, 1.82) is 0 Å². The lowest BCUT2D eigenvalue weighted by atomic mass is 9.89. The van der Waals surface area contributed by atoms with Crippen LogP contribution in [0.4, 0.5) is 0 Å². The number of hydrogen-bond acceptors (Lipinski definition) is 3. The molecule has 0 spiro atoms. The minimum atomic E-state index is 0.295. The lowest BCUT2D eigenvalue weighted by Gasteiger charge is -2.35. The molecule has 2 aliphatic rings. The molecule has 3 aromatic rings. The van der Waals surface area contributed by atoms with Gasteiger partial charge in [-0.25, -0.2) is 0 Å². The van der Waals surface area contributed by atoms with Crippen molar-refractivity contribution in [3.05, 3.63) is 54.0 Å². The van der Waals surface area contributed by atoms with Crippen molar-refractivity contribution in [3.63, 3.8) is 0 Å². The second kappa shape index (κ2) is 8.83. The van der Waals surface area contributed by atoms with E-state index in [1.165, 1.54) is 52.5 Å². The summed E-state index contributed by atoms with van der Waals surface area (Å²) in [5.41, 5.74) is 6.16. The number of nitrogens with one attached hydrogen (secondary N) is 1. The predicted molar refractivity (Wildman–Crippen MR) is 125 cm³/mol. The van der Waals surface area contributed by atoms with Gasteiger partial charge in [-0.05, 0) is 75.5 Å². The van der Waals surface area contributed by atoms with E-state index in [0.29, 0.717) is 18.4 Å². The molecule has 2 saturated heterocycles. The monoisotopic (exact) mass is 416 g/mol. The molecule has 1 atom stereocenters. The molecular weight excluding hydrogens is 384 g/mol. The Balaban J connectivity index is 1.44. The number of nitrogens with zero attached hydrogens (tertiary/aromatic N) is 3. The summed E-state index contributed by atoms with van der Waals surface area (Å²) < 4.78 is 0. The fraction of sp³-hybridized carbons (Fsp3) is 0.462. The van der Waals surface area contributed by atoms with Crippen molar-refractivity contribution in [3.8, 4) is 11.1 Å². The molecule has 1 N–H and O–H groups in total. The zero-order valence-electron chi connectivity index (χ0n) is 18.4. The minimum absolute atomic E-state index is 0.295. The molecule has 2 aliphatic heterocycles. The average Bonchev–Trinajstić information content (AvgIpc) is 3.19. The smallest absolute Gasteiger partial charge is 0.236 e. The Hall–Kier alpha value is -2.66. The van der Waals surface area contributed by atoms with Gasteiger partial charge in [-0.1, -0.05) is 18.1 Å². The van der Waals surface area contributed by atoms with Crippen LogP contribution in [0.15, 0.2) is 42.7 Å². The van der Waals surface area contributed by atoms with Gasteiger partial charge >= 0.3 is 0 Å². The summed E-state index contributed by atoms with van der Waals surface area (Å²) in [5.74, 6) is 0.624. The van der Waals surface area contributed by atoms with Gasteiger partial charge in [0.05, 0.1) is 6.54 Å². The summed E-state index contributed by atoms with van der Waals surface area (Å²) in [5, 5.41) is 1.26. The van der Waals surface area contributed by atoms with Gasteiger partial charge < -0.3 is 9.88 Å². The van der Waals surface area contributed by atoms with E-state index < -0.39 is 0 Å². The zero-order valence-corrected chi connectivity index (χ0v) is 18.4. The molecule has 1 aromatic carbocycles. The molecule has 5 rings (SSSR count). The van der Waals surface area contributed by atoms with Crippen LogP contribution in [-0.2, 0) is 4.79 Å². The van der Waals surface area contributed by atoms with E-state index in [0.717, 1.165) is 39.0 Å². The Labute approximate surface area is 184 Å². The summed E-state index contributed by atoms with van der Waals surface area (Å²) in [7, 11) is 0. The molecule has 162 valence electrons. The number of aromatic amines is 1. The van der Waals surface area contributed by atoms with Crippen LogP contribution in [0.5, 0.6) is 0 Å². The number of aryl methyl sites for hydroxylation is 1. The van der Waals surface area contributed by atoms with Gasteiger partial charge in [0.2, 0.25) is 5.91 Å². The number of aromatic nitrogens is 2. The topological polar surface area (TPSA) is 52.2 Å². The van der Waals surface area contributed by atoms with Gasteiger partial charge in [0.1, 0.15) is 0 Å². The molecule has 4 heterocycles. The van der Waals surface area contributed by atoms with Gasteiger partial charge in [0, 0.05) is 53.6 Å². The van der Waals surface area contributed by atoms with Gasteiger partial charge in [-0.3, -0.25) is 14.7 Å². The van der Waals surface area contributed by atoms with E-state index in [2.05, 4.69) is 57.0 Å². The maximum Gasteiger partial charge on any atom is 0.236 e. The molecule has 0 bridgehead atoms. The Morgan fingerprint density at radius 1 is 1.06 bits per heavy atom. The summed E-state index contributed by atoms with van der Waals surface area (Å²) in [4.78, 5) is 25.5. The first kappa shape index (κ1) is 20.3. The Kier molecular flexibility index (Phi) is 5.77. The Bertz CT molecular complexity index is 1050. The summed E-state index contributed by atoms with van der Waals surface area (Å²) in [6.07, 6.45) is 9.64. The van der Waals surface area contributed by atoms with Gasteiger partial charge in [-0.2, -0.15) is 0 Å². The number of amides is 1. The van der Waals surface area contributed by atoms with E-state index in [-0.39, 0.29) is 0 Å². The number of H-pyrrole nitrogens is 1. The summed E-state index contributed by atoms with van der Waals surface area (Å²) in [6, 6.07) is 10.8. The van der Waals surface area contributed by atoms with Crippen molar-refractivity contribution < 1.29 is 4.79 Å². The zero-order chi connectivity index (χ0) is 21.2. The molecule has 5 heteroatoms. The molecule has 1 amide bonds. The number of pyridine rings is 1. The molecule has 31 heavy (non-hydrogen) atoms. The van der Waals surface area contributed by atoms with Crippen molar-refractivity contribution in [2.24, 2.45) is 0 Å². The first-order chi connectivity index (χ1) is 15.2. The molecule has 0 aliphatic carbocycles. The standard InChI is InChI=1S/C26H32N4O/c1-19-7-8-23-22(16-19)25(20-9-11-27-12-10-20)26(28-23)21-6-5-15-30(17-21)24(31)18-29-13-3-2-4-14-29/h7-12,16,21,28H,2-6,13-15,17-18H2,1H3/t21-/m1/s1. The first-order valence-electron chi connectivity index (χ1n) is 11.7. The first-order valence-corrected chi connectivity index (χ1v) is 11.7. The number of piperidine rings is 2. The third-order valence-corrected chi connectivity index (χ3v) is 6.94. The lowest BCUT2D eigenvalue weighted by Crippen LogP contribution is -2.45. The second-order valence-electron chi connectivity index (χ2n) is 9.21. The Morgan fingerprint density at radius 2 is 1.87 bits per heavy atom. The van der Waals surface area contributed by atoms with Crippen LogP contribution in [-0.4, -0.2) is 58.4 Å². The van der Waals surface area contributed by atoms with Crippen LogP contribution < -0.4 is 0 Å². The number of hydrogen-bond donors (Lipinski definition) is 1. The van der Waals surface area contributed by atoms with Crippen molar-refractivity contribution >= 4 is 16.8 Å². The highest BCUT2D eigenvalue weighted by Gasteiger charge is 2.29. The maximum atomic E-state index is 13.1. The normalized spacial score (nSPS) is 20.3. The molecule has 0 radical (unpaired) electrons. The van der Waals surface area contributed by atoms with E-state index in [1.54, 1.807) is 0 Å². The van der Waals surface area contributed by atoms with Crippen LogP contribution >= 0.6 is 0 Å². The summed E-state index contributed by atoms with van der Waals surface area (Å²) >= 11 is 0. The third-order valence-electron chi connectivity index (χ3n) is 6.94. The molecule has 0 unspecified atom stereocenters. The number of fused-ring (bicyclic) bond motifs is 1. The largest absolute Gasteiger partial charge is 0.358 e. The number of benzene rings is 1. The highest BCUT2D eigenvalue weighted by atomic mass is 16.2. The van der Waals surface area contributed by atoms with Crippen molar-refractivity contribution in [1.82, 2.24) is 19.8 Å². The number of carbonyl (C=O) groups excluding carboxylic acids is 1. The molecule has 5 nitrogen and oxygen atoms in total. The van der Waals surface area contributed by atoms with E-state index in [4.69, 9.17) is 0 Å². The van der Waals surface area contributed by atoms with Crippen molar-refractivity contribution in [2.75, 3.05) is 32.7 Å². The van der Waals surface area contributed by atoms with Crippen LogP contribution in [0.2, 0.25) is 0 Å². The van der Waals surface area contributed by atoms with Gasteiger partial charge in [0.25, 0.3) is 0 Å². The molecular formula is C26H32N4O. The van der Waals surface area contributed by atoms with Gasteiger partial charge in [-0.15, -0.1) is 0 Å². The van der Waals surface area contributed by atoms with Crippen LogP contribution in [0.3, 0.4) is 0 Å². The number of carbonyl (C=O) groups is 1. The highest BCUT2D eigenvalue weighted by Crippen LogP contribution is 2.39. The van der Waals surface area contributed by atoms with Crippen molar-refractivity contribution in [2.45, 2.75) is 44.9 Å². The van der Waals surface area contributed by atoms with E-state index in [1.807, 2.05) is 12.4 Å². The lowest BCUT2D eigenvalue weighted by molar-refractivity contribution is -0.133. The highest BCUT2D eigenvalue weighted by molar-refractivity contribution is 5.98. The molecule has 2 fully saturated rings. The van der Waals surface area contributed by atoms with Crippen LogP contribution in [0.1, 0.15) is 49.3 Å². The minimum Gasteiger partial charge on any atom is -0.358 e. The third kappa shape index (κ3) is 4.24. The predicted octanol–water partition coefficient (Wildman–Crippen LogP) is 4.73. The SMILES string of the molecule is Cc1ccc2[nH]c([C@@H]3CCCN(C(=O)CN4CCCCC4)C3)c(-c3ccncc3)c2c1. The van der Waals surface area contributed by atoms with Crippen LogP contribution in [0, 0.1) is 6.92 Å². The van der Waals surface area contributed by atoms with E-state index >= 15 is 0 Å². The maximum absolute atomic E-state index is 13.1. The number of likely N-dealkylation sites (tertiary alicyclic amines) is 2. The fourth-order valence-electron chi connectivity index (χ4n) is 5.31. The quantitative estimate of drug-likeness (QED) is 0.669. The molecule has 2 aromatic heterocycles. The average molecular weight is 417 g/mol.